The standard InChI is InChI=1S/C44H62N4O2.C2H4O2.Co/c1-39(2)13-17-47-19-15-41(5,6)33-35(47)30(39)21-27(37(33)49)24-45-26-44(12-11-29-23-32(44)43(29,9)10)46-25-28-22-31-36-34(38(28)50)42(7,8)16-20-48(36)18-14-40(31,3)4;1-2(3)4;/h21-22,24-25,29,32,49-50H,11-20,23,26H2,1-10H3;1H3,(H,3,4);/t29-,32?,44?;;/m1../s1. The second-order valence-corrected chi connectivity index (χ2v) is 20.9. The average Bonchev–Trinajstić information content (AvgIpc) is 3.06. The average molecular weight is 798 g/mol. The fraction of sp³-hybridized carbons (Fsp3) is 0.674. The van der Waals surface area contributed by atoms with Gasteiger partial charge in [-0.05, 0) is 107 Å². The third-order valence-electron chi connectivity index (χ3n) is 15.2. The second-order valence-electron chi connectivity index (χ2n) is 20.9. The molecular formula is C46H66CoN4O4. The van der Waals surface area contributed by atoms with E-state index in [9.17, 15) is 10.2 Å². The molecule has 9 rings (SSSR count). The quantitative estimate of drug-likeness (QED) is 0.261. The number of nitrogens with zero attached hydrogens (tertiary/aromatic N) is 4. The minimum absolute atomic E-state index is 0. The number of carboxylic acids is 1. The van der Waals surface area contributed by atoms with Crippen LogP contribution in [0.4, 0.5) is 11.4 Å². The first-order valence-corrected chi connectivity index (χ1v) is 20.6. The maximum absolute atomic E-state index is 12.0. The molecule has 2 unspecified atom stereocenters. The van der Waals surface area contributed by atoms with Crippen molar-refractivity contribution in [1.82, 2.24) is 0 Å². The van der Waals surface area contributed by atoms with E-state index in [0.29, 0.717) is 24.0 Å². The Bertz CT molecular complexity index is 1920. The van der Waals surface area contributed by atoms with Crippen LogP contribution in [0.25, 0.3) is 0 Å². The number of hydrogen-bond donors (Lipinski definition) is 3. The summed E-state index contributed by atoms with van der Waals surface area (Å²) in [5, 5.41) is 31.3. The summed E-state index contributed by atoms with van der Waals surface area (Å²) in [5.41, 5.74) is 8.85. The van der Waals surface area contributed by atoms with Crippen molar-refractivity contribution in [2.45, 2.75) is 148 Å². The van der Waals surface area contributed by atoms with Gasteiger partial charge < -0.3 is 25.1 Å². The van der Waals surface area contributed by atoms with Crippen molar-refractivity contribution in [2.24, 2.45) is 27.2 Å². The number of aromatic hydroxyl groups is 2. The van der Waals surface area contributed by atoms with Crippen LogP contribution in [0, 0.1) is 17.3 Å². The molecule has 0 amide bonds. The molecule has 1 radical (unpaired) electrons. The van der Waals surface area contributed by atoms with E-state index in [2.05, 4.69) is 91.2 Å². The molecular weight excluding hydrogens is 731 g/mol. The number of phenols is 2. The van der Waals surface area contributed by atoms with E-state index in [1.54, 1.807) is 0 Å². The van der Waals surface area contributed by atoms with Crippen molar-refractivity contribution in [3.05, 3.63) is 45.5 Å². The van der Waals surface area contributed by atoms with E-state index in [0.717, 1.165) is 99.8 Å². The minimum Gasteiger partial charge on any atom is -0.507 e. The molecule has 8 nitrogen and oxygen atoms in total. The first-order chi connectivity index (χ1) is 25.0. The van der Waals surface area contributed by atoms with Gasteiger partial charge in [0.15, 0.2) is 0 Å². The summed E-state index contributed by atoms with van der Waals surface area (Å²) in [4.78, 5) is 24.8. The van der Waals surface area contributed by atoms with Gasteiger partial charge in [-0.15, -0.1) is 0 Å². The summed E-state index contributed by atoms with van der Waals surface area (Å²) in [6.07, 6.45) is 11.6. The topological polar surface area (TPSA) is 109 Å². The fourth-order valence-electron chi connectivity index (χ4n) is 11.3. The number of hydrogen-bond acceptors (Lipinski definition) is 7. The Labute approximate surface area is 340 Å². The molecule has 4 heterocycles. The van der Waals surface area contributed by atoms with Crippen LogP contribution >= 0.6 is 0 Å². The number of benzene rings is 2. The summed E-state index contributed by atoms with van der Waals surface area (Å²) < 4.78 is 0. The van der Waals surface area contributed by atoms with Crippen molar-refractivity contribution < 1.29 is 36.9 Å². The molecule has 0 spiro atoms. The van der Waals surface area contributed by atoms with Crippen LogP contribution in [-0.2, 0) is 43.2 Å². The van der Waals surface area contributed by atoms with Crippen molar-refractivity contribution in [2.75, 3.05) is 42.5 Å². The first kappa shape index (κ1) is 41.6. The van der Waals surface area contributed by atoms with E-state index < -0.39 is 5.97 Å². The number of rotatable bonds is 5. The predicted octanol–water partition coefficient (Wildman–Crippen LogP) is 9.26. The molecule has 303 valence electrons. The summed E-state index contributed by atoms with van der Waals surface area (Å²) in [7, 11) is 0. The van der Waals surface area contributed by atoms with E-state index in [1.165, 1.54) is 28.9 Å². The number of carbonyl (C=O) groups is 1. The van der Waals surface area contributed by atoms with Gasteiger partial charge in [-0.2, -0.15) is 0 Å². The molecule has 2 aromatic rings. The minimum atomic E-state index is -0.833. The maximum atomic E-state index is 12.0. The maximum Gasteiger partial charge on any atom is 0.300 e. The number of aliphatic carboxylic acids is 1. The molecule has 7 aliphatic rings. The Balaban J connectivity index is 0.000000982. The normalized spacial score (nSPS) is 28.3. The molecule has 4 aliphatic heterocycles. The molecule has 3 fully saturated rings. The predicted molar refractivity (Wildman–Crippen MR) is 222 cm³/mol. The van der Waals surface area contributed by atoms with Gasteiger partial charge in [0.1, 0.15) is 11.5 Å². The van der Waals surface area contributed by atoms with Crippen LogP contribution < -0.4 is 9.80 Å². The molecule has 0 saturated heterocycles. The van der Waals surface area contributed by atoms with Gasteiger partial charge in [-0.3, -0.25) is 14.8 Å². The molecule has 0 aromatic heterocycles. The first-order valence-electron chi connectivity index (χ1n) is 20.6. The van der Waals surface area contributed by atoms with E-state index in [-0.39, 0.29) is 49.4 Å². The fourth-order valence-corrected chi connectivity index (χ4v) is 11.3. The van der Waals surface area contributed by atoms with Crippen LogP contribution in [0.15, 0.2) is 22.1 Å². The molecule has 3 atom stereocenters. The molecule has 55 heavy (non-hydrogen) atoms. The van der Waals surface area contributed by atoms with E-state index in [4.69, 9.17) is 19.9 Å². The Morgan fingerprint density at radius 3 is 1.56 bits per heavy atom. The van der Waals surface area contributed by atoms with E-state index in [1.807, 2.05) is 12.4 Å². The number of anilines is 2. The third-order valence-corrected chi connectivity index (χ3v) is 15.2. The smallest absolute Gasteiger partial charge is 0.300 e. The van der Waals surface area contributed by atoms with Crippen molar-refractivity contribution in [3.8, 4) is 11.5 Å². The molecule has 3 aliphatic carbocycles. The second kappa shape index (κ2) is 13.8. The van der Waals surface area contributed by atoms with Gasteiger partial charge in [-0.1, -0.05) is 69.2 Å². The van der Waals surface area contributed by atoms with E-state index >= 15 is 0 Å². The van der Waals surface area contributed by atoms with Crippen LogP contribution in [0.3, 0.4) is 0 Å². The van der Waals surface area contributed by atoms with Crippen molar-refractivity contribution in [3.63, 3.8) is 0 Å². The zero-order valence-corrected chi connectivity index (χ0v) is 36.4. The number of carboxylic acid groups (broad SMARTS) is 1. The molecule has 9 heteroatoms. The van der Waals surface area contributed by atoms with Gasteiger partial charge in [0.25, 0.3) is 5.97 Å². The molecule has 2 bridgehead atoms. The number of fused-ring (bicyclic) bond motifs is 2. The summed E-state index contributed by atoms with van der Waals surface area (Å²) in [6, 6.07) is 4.48. The molecule has 3 saturated carbocycles. The molecule has 2 aromatic carbocycles. The van der Waals surface area contributed by atoms with Crippen LogP contribution in [0.5, 0.6) is 11.5 Å². The van der Waals surface area contributed by atoms with Crippen LogP contribution in [0.1, 0.15) is 154 Å². The molecule has 3 N–H and O–H groups in total. The Morgan fingerprint density at radius 1 is 0.727 bits per heavy atom. The zero-order valence-electron chi connectivity index (χ0n) is 35.3. The number of phenolic OH excluding ortho intramolecular Hbond substituents is 2. The van der Waals surface area contributed by atoms with Gasteiger partial charge in [0.05, 0.1) is 12.1 Å². The van der Waals surface area contributed by atoms with Crippen molar-refractivity contribution in [1.29, 1.82) is 0 Å². The summed E-state index contributed by atoms with van der Waals surface area (Å²) in [5.74, 6) is 1.14. The Morgan fingerprint density at radius 2 is 1.15 bits per heavy atom. The van der Waals surface area contributed by atoms with Crippen molar-refractivity contribution >= 4 is 29.8 Å². The van der Waals surface area contributed by atoms with Gasteiger partial charge in [0.2, 0.25) is 0 Å². The zero-order chi connectivity index (χ0) is 39.4. The van der Waals surface area contributed by atoms with Crippen LogP contribution in [-0.4, -0.2) is 72.0 Å². The Hall–Kier alpha value is -3.04. The summed E-state index contributed by atoms with van der Waals surface area (Å²) in [6.45, 7) is 29.3. The monoisotopic (exact) mass is 797 g/mol. The third kappa shape index (κ3) is 6.81. The van der Waals surface area contributed by atoms with Crippen LogP contribution in [0.2, 0.25) is 0 Å². The number of aliphatic imine (C=N–C) groups is 2. The largest absolute Gasteiger partial charge is 0.507 e. The van der Waals surface area contributed by atoms with Gasteiger partial charge in [-0.25, -0.2) is 0 Å². The van der Waals surface area contributed by atoms with Gasteiger partial charge in [0, 0.05) is 95.9 Å². The summed E-state index contributed by atoms with van der Waals surface area (Å²) >= 11 is 0. The van der Waals surface area contributed by atoms with Gasteiger partial charge >= 0.3 is 0 Å². The Kier molecular flexibility index (Phi) is 10.4. The SMILES string of the molecule is CC(=O)O.CC1(C)CCN2CCC(C)(C)c3c(O)c(C=NCC4(N=Cc5cc6c7c(c5O)C(C)(C)CCN7CCC6(C)C)CC[C@@H]5CC4C5(C)C)cc1c32.[Co].